The number of hydrogen-bond donors (Lipinski definition) is 0. The number of halogens is 3. The van der Waals surface area contributed by atoms with E-state index in [-0.39, 0.29) is 5.38 Å². The van der Waals surface area contributed by atoms with Crippen molar-refractivity contribution in [3.05, 3.63) is 58.1 Å². The van der Waals surface area contributed by atoms with Crippen LogP contribution in [0.5, 0.6) is 0 Å². The number of benzene rings is 1. The van der Waals surface area contributed by atoms with Crippen molar-refractivity contribution in [2.75, 3.05) is 0 Å². The van der Waals surface area contributed by atoms with Crippen LogP contribution in [0, 0.1) is 0 Å². The summed E-state index contributed by atoms with van der Waals surface area (Å²) < 4.78 is 2.05. The van der Waals surface area contributed by atoms with Gasteiger partial charge in [-0.3, -0.25) is 4.98 Å². The zero-order valence-electron chi connectivity index (χ0n) is 11.2. The second-order valence-electron chi connectivity index (χ2n) is 4.79. The van der Waals surface area contributed by atoms with Crippen LogP contribution in [0.2, 0.25) is 10.0 Å². The molecule has 0 bridgehead atoms. The number of fused-ring (bicyclic) bond motifs is 1. The molecule has 2 heterocycles. The third kappa shape index (κ3) is 2.86. The van der Waals surface area contributed by atoms with Gasteiger partial charge in [0.05, 0.1) is 33.0 Å². The molecule has 1 atom stereocenters. The standard InChI is InChI=1S/C15H12Cl3N3/c1-9(16)15-20-13-5-11(17)12(18)6-14(13)21(15)8-10-3-2-4-19-7-10/h2-7,9H,8H2,1H3. The molecule has 0 saturated carbocycles. The van der Waals surface area contributed by atoms with E-state index >= 15 is 0 Å². The zero-order valence-corrected chi connectivity index (χ0v) is 13.5. The minimum Gasteiger partial charge on any atom is -0.322 e. The monoisotopic (exact) mass is 339 g/mol. The topological polar surface area (TPSA) is 30.7 Å². The van der Waals surface area contributed by atoms with E-state index in [2.05, 4.69) is 9.97 Å². The van der Waals surface area contributed by atoms with E-state index in [0.29, 0.717) is 16.6 Å². The van der Waals surface area contributed by atoms with E-state index in [0.717, 1.165) is 22.4 Å². The lowest BCUT2D eigenvalue weighted by molar-refractivity contribution is 0.740. The number of hydrogen-bond acceptors (Lipinski definition) is 2. The Hall–Kier alpha value is -1.29. The smallest absolute Gasteiger partial charge is 0.128 e. The van der Waals surface area contributed by atoms with Crippen molar-refractivity contribution in [2.24, 2.45) is 0 Å². The fourth-order valence-electron chi connectivity index (χ4n) is 2.28. The van der Waals surface area contributed by atoms with Crippen LogP contribution in [0.1, 0.15) is 23.7 Å². The molecule has 0 aliphatic carbocycles. The molecule has 1 unspecified atom stereocenters. The highest BCUT2D eigenvalue weighted by Crippen LogP contribution is 2.31. The quantitative estimate of drug-likeness (QED) is 0.622. The minimum absolute atomic E-state index is 0.216. The van der Waals surface area contributed by atoms with E-state index in [4.69, 9.17) is 34.8 Å². The van der Waals surface area contributed by atoms with E-state index < -0.39 is 0 Å². The summed E-state index contributed by atoms with van der Waals surface area (Å²) in [6.07, 6.45) is 3.57. The molecule has 3 rings (SSSR count). The number of nitrogens with zero attached hydrogens (tertiary/aromatic N) is 3. The molecule has 0 aliphatic rings. The van der Waals surface area contributed by atoms with Crippen molar-refractivity contribution in [2.45, 2.75) is 18.8 Å². The van der Waals surface area contributed by atoms with Crippen LogP contribution >= 0.6 is 34.8 Å². The van der Waals surface area contributed by atoms with Crippen LogP contribution < -0.4 is 0 Å². The van der Waals surface area contributed by atoms with Crippen LogP contribution in [0.3, 0.4) is 0 Å². The van der Waals surface area contributed by atoms with Crippen molar-refractivity contribution in [1.82, 2.24) is 14.5 Å². The molecule has 108 valence electrons. The first-order chi connectivity index (χ1) is 10.1. The maximum Gasteiger partial charge on any atom is 0.128 e. The van der Waals surface area contributed by atoms with Crippen molar-refractivity contribution < 1.29 is 0 Å². The molecule has 3 nitrogen and oxygen atoms in total. The molecule has 0 aliphatic heterocycles. The van der Waals surface area contributed by atoms with Gasteiger partial charge in [0.2, 0.25) is 0 Å². The van der Waals surface area contributed by atoms with Gasteiger partial charge in [-0.05, 0) is 30.7 Å². The van der Waals surface area contributed by atoms with Crippen LogP contribution in [0.25, 0.3) is 11.0 Å². The third-order valence-corrected chi connectivity index (χ3v) is 4.16. The molecule has 0 spiro atoms. The van der Waals surface area contributed by atoms with E-state index in [1.54, 1.807) is 12.3 Å². The Bertz CT molecular complexity index is 782. The Labute approximate surface area is 137 Å². The summed E-state index contributed by atoms with van der Waals surface area (Å²) in [5.74, 6) is 0.786. The highest BCUT2D eigenvalue weighted by molar-refractivity contribution is 6.42. The minimum atomic E-state index is -0.216. The third-order valence-electron chi connectivity index (χ3n) is 3.24. The molecule has 1 aromatic carbocycles. The Morgan fingerprint density at radius 3 is 2.67 bits per heavy atom. The summed E-state index contributed by atoms with van der Waals surface area (Å²) in [6.45, 7) is 2.53. The predicted molar refractivity (Wildman–Crippen MR) is 87.4 cm³/mol. The van der Waals surface area contributed by atoms with Gasteiger partial charge < -0.3 is 4.57 Å². The van der Waals surface area contributed by atoms with Crippen molar-refractivity contribution in [3.63, 3.8) is 0 Å². The fourth-order valence-corrected chi connectivity index (χ4v) is 2.77. The molecular weight excluding hydrogens is 329 g/mol. The molecule has 0 saturated heterocycles. The van der Waals surface area contributed by atoms with E-state index in [9.17, 15) is 0 Å². The maximum absolute atomic E-state index is 6.26. The lowest BCUT2D eigenvalue weighted by atomic mass is 10.2. The Kier molecular flexibility index (Phi) is 4.07. The first kappa shape index (κ1) is 14.6. The summed E-state index contributed by atoms with van der Waals surface area (Å²) in [4.78, 5) is 8.72. The Morgan fingerprint density at radius 1 is 1.24 bits per heavy atom. The Morgan fingerprint density at radius 2 is 2.00 bits per heavy atom. The van der Waals surface area contributed by atoms with Gasteiger partial charge in [-0.1, -0.05) is 29.3 Å². The zero-order chi connectivity index (χ0) is 15.0. The van der Waals surface area contributed by atoms with Crippen molar-refractivity contribution in [1.29, 1.82) is 0 Å². The average molecular weight is 341 g/mol. The van der Waals surface area contributed by atoms with Gasteiger partial charge in [-0.25, -0.2) is 4.98 Å². The number of aromatic nitrogens is 3. The first-order valence-electron chi connectivity index (χ1n) is 6.44. The van der Waals surface area contributed by atoms with Gasteiger partial charge in [0.1, 0.15) is 5.82 Å². The number of imidazole rings is 1. The molecule has 0 N–H and O–H groups in total. The summed E-state index contributed by atoms with van der Waals surface area (Å²) >= 11 is 18.5. The first-order valence-corrected chi connectivity index (χ1v) is 7.63. The molecule has 0 amide bonds. The molecule has 0 radical (unpaired) electrons. The molecule has 2 aromatic heterocycles. The van der Waals surface area contributed by atoms with E-state index in [1.807, 2.05) is 35.9 Å². The second kappa shape index (κ2) is 5.84. The van der Waals surface area contributed by atoms with Crippen LogP contribution in [0.4, 0.5) is 0 Å². The lowest BCUT2D eigenvalue weighted by Gasteiger charge is -2.10. The normalized spacial score (nSPS) is 12.8. The van der Waals surface area contributed by atoms with Gasteiger partial charge in [-0.15, -0.1) is 11.6 Å². The largest absolute Gasteiger partial charge is 0.322 e. The maximum atomic E-state index is 6.26. The summed E-state index contributed by atoms with van der Waals surface area (Å²) in [5, 5.41) is 0.779. The van der Waals surface area contributed by atoms with Crippen LogP contribution in [0.15, 0.2) is 36.7 Å². The van der Waals surface area contributed by atoms with E-state index in [1.165, 1.54) is 0 Å². The van der Waals surface area contributed by atoms with Gasteiger partial charge in [0.25, 0.3) is 0 Å². The number of rotatable bonds is 3. The molecular formula is C15H12Cl3N3. The summed E-state index contributed by atoms with van der Waals surface area (Å²) in [7, 11) is 0. The second-order valence-corrected chi connectivity index (χ2v) is 6.26. The van der Waals surface area contributed by atoms with Gasteiger partial charge in [0.15, 0.2) is 0 Å². The van der Waals surface area contributed by atoms with Gasteiger partial charge >= 0.3 is 0 Å². The van der Waals surface area contributed by atoms with Crippen molar-refractivity contribution >= 4 is 45.8 Å². The number of alkyl halides is 1. The molecule has 0 fully saturated rings. The van der Waals surface area contributed by atoms with Crippen LogP contribution in [-0.2, 0) is 6.54 Å². The highest BCUT2D eigenvalue weighted by atomic mass is 35.5. The molecule has 6 heteroatoms. The highest BCUT2D eigenvalue weighted by Gasteiger charge is 2.16. The summed E-state index contributed by atoms with van der Waals surface area (Å²) in [6, 6.07) is 7.51. The van der Waals surface area contributed by atoms with Gasteiger partial charge in [0, 0.05) is 12.4 Å². The Balaban J connectivity index is 2.18. The SMILES string of the molecule is CC(Cl)c1nc2cc(Cl)c(Cl)cc2n1Cc1cccnc1. The fraction of sp³-hybridized carbons (Fsp3) is 0.200. The van der Waals surface area contributed by atoms with Crippen molar-refractivity contribution in [3.8, 4) is 0 Å². The van der Waals surface area contributed by atoms with Crippen LogP contribution in [-0.4, -0.2) is 14.5 Å². The number of pyridine rings is 1. The molecule has 21 heavy (non-hydrogen) atoms. The lowest BCUT2D eigenvalue weighted by Crippen LogP contribution is -2.06. The summed E-state index contributed by atoms with van der Waals surface area (Å²) in [5.41, 5.74) is 2.77. The van der Waals surface area contributed by atoms with Gasteiger partial charge in [-0.2, -0.15) is 0 Å². The predicted octanol–water partition coefficient (Wildman–Crippen LogP) is 5.09. The molecule has 3 aromatic rings. The average Bonchev–Trinajstić information content (AvgIpc) is 2.79.